The van der Waals surface area contributed by atoms with Crippen LogP contribution in [0.1, 0.15) is 10.6 Å². The Morgan fingerprint density at radius 1 is 1.47 bits per heavy atom. The number of nitrogens with zero attached hydrogens (tertiary/aromatic N) is 1. The molecule has 1 aromatic heterocycles. The van der Waals surface area contributed by atoms with E-state index in [1.54, 1.807) is 13.3 Å². The fourth-order valence-corrected chi connectivity index (χ4v) is 2.36. The van der Waals surface area contributed by atoms with Crippen molar-refractivity contribution in [1.29, 1.82) is 0 Å². The van der Waals surface area contributed by atoms with Gasteiger partial charge in [0.2, 0.25) is 0 Å². The van der Waals surface area contributed by atoms with E-state index >= 15 is 0 Å². The fraction of sp³-hybridized carbons (Fsp3) is 0.250. The quantitative estimate of drug-likeness (QED) is 0.918. The largest absolute Gasteiger partial charge is 0.497 e. The summed E-state index contributed by atoms with van der Waals surface area (Å²) >= 11 is 7.31. The number of rotatable bonds is 4. The summed E-state index contributed by atoms with van der Waals surface area (Å²) in [4.78, 5) is 4.20. The van der Waals surface area contributed by atoms with E-state index in [1.165, 1.54) is 16.9 Å². The summed E-state index contributed by atoms with van der Waals surface area (Å²) < 4.78 is 5.90. The van der Waals surface area contributed by atoms with Gasteiger partial charge in [0, 0.05) is 11.8 Å². The molecule has 2 rings (SSSR count). The number of halogens is 1. The highest BCUT2D eigenvalue weighted by Gasteiger charge is 2.03. The van der Waals surface area contributed by atoms with Crippen molar-refractivity contribution in [2.45, 2.75) is 13.5 Å². The highest BCUT2D eigenvalue weighted by Crippen LogP contribution is 2.24. The summed E-state index contributed by atoms with van der Waals surface area (Å²) in [5.74, 6) is 0.843. The maximum absolute atomic E-state index is 5.83. The van der Waals surface area contributed by atoms with Gasteiger partial charge in [0.25, 0.3) is 0 Å². The molecular weight excluding hydrogens is 256 g/mol. The van der Waals surface area contributed by atoms with Gasteiger partial charge in [-0.05, 0) is 18.6 Å². The van der Waals surface area contributed by atoms with E-state index in [9.17, 15) is 0 Å². The number of methoxy groups -OCH3 is 1. The summed E-state index contributed by atoms with van der Waals surface area (Å²) in [6.45, 7) is 2.72. The van der Waals surface area contributed by atoms with Crippen molar-refractivity contribution < 1.29 is 4.74 Å². The van der Waals surface area contributed by atoms with Crippen molar-refractivity contribution in [2.75, 3.05) is 12.4 Å². The second-order valence-electron chi connectivity index (χ2n) is 3.59. The first-order chi connectivity index (χ1) is 8.19. The topological polar surface area (TPSA) is 34.1 Å². The Morgan fingerprint density at radius 3 is 2.94 bits per heavy atom. The molecule has 0 radical (unpaired) electrons. The van der Waals surface area contributed by atoms with Gasteiger partial charge in [0.15, 0.2) is 0 Å². The van der Waals surface area contributed by atoms with Crippen molar-refractivity contribution >= 4 is 28.6 Å². The maximum atomic E-state index is 5.83. The van der Waals surface area contributed by atoms with E-state index in [2.05, 4.69) is 17.2 Å². The number of nitrogens with one attached hydrogen (secondary N) is 1. The number of thiazole rings is 1. The third-order valence-corrected chi connectivity index (χ3v) is 3.51. The first-order valence-electron chi connectivity index (χ1n) is 5.18. The van der Waals surface area contributed by atoms with Gasteiger partial charge in [0.05, 0.1) is 19.9 Å². The van der Waals surface area contributed by atoms with E-state index < -0.39 is 0 Å². The van der Waals surface area contributed by atoms with E-state index in [4.69, 9.17) is 16.3 Å². The van der Waals surface area contributed by atoms with Crippen LogP contribution in [0.3, 0.4) is 0 Å². The molecule has 0 fully saturated rings. The number of hydrogen-bond acceptors (Lipinski definition) is 4. The Kier molecular flexibility index (Phi) is 3.86. The predicted molar refractivity (Wildman–Crippen MR) is 72.2 cm³/mol. The zero-order valence-electron chi connectivity index (χ0n) is 9.66. The Morgan fingerprint density at radius 2 is 2.29 bits per heavy atom. The molecule has 0 bridgehead atoms. The normalized spacial score (nSPS) is 10.3. The second kappa shape index (κ2) is 5.38. The van der Waals surface area contributed by atoms with Crippen LogP contribution in [-0.4, -0.2) is 12.1 Å². The van der Waals surface area contributed by atoms with E-state index in [0.29, 0.717) is 10.9 Å². The van der Waals surface area contributed by atoms with Crippen LogP contribution < -0.4 is 10.1 Å². The van der Waals surface area contributed by atoms with E-state index in [-0.39, 0.29) is 0 Å². The van der Waals surface area contributed by atoms with E-state index in [0.717, 1.165) is 16.4 Å². The molecule has 90 valence electrons. The molecule has 0 unspecified atom stereocenters. The Bertz CT molecular complexity index is 513. The third-order valence-electron chi connectivity index (χ3n) is 2.40. The number of ether oxygens (including phenoxy) is 1. The highest BCUT2D eigenvalue weighted by atomic mass is 35.5. The lowest BCUT2D eigenvalue weighted by Crippen LogP contribution is -2.00. The van der Waals surface area contributed by atoms with Crippen molar-refractivity contribution in [1.82, 2.24) is 4.98 Å². The minimum atomic E-state index is 0.672. The molecule has 0 aliphatic heterocycles. The van der Waals surface area contributed by atoms with Crippen LogP contribution in [-0.2, 0) is 6.54 Å². The Balaban J connectivity index is 2.07. The summed E-state index contributed by atoms with van der Waals surface area (Å²) in [6, 6.07) is 5.95. The van der Waals surface area contributed by atoms with Gasteiger partial charge in [-0.2, -0.15) is 0 Å². The van der Waals surface area contributed by atoms with Crippen LogP contribution in [0.2, 0.25) is 4.34 Å². The number of hydrogen-bond donors (Lipinski definition) is 1. The first kappa shape index (κ1) is 12.2. The average Bonchev–Trinajstić information content (AvgIpc) is 2.74. The molecule has 0 amide bonds. The zero-order chi connectivity index (χ0) is 12.3. The number of anilines is 1. The first-order valence-corrected chi connectivity index (χ1v) is 6.37. The minimum Gasteiger partial charge on any atom is -0.497 e. The molecule has 1 N–H and O–H groups in total. The molecule has 1 aromatic carbocycles. The van der Waals surface area contributed by atoms with Crippen LogP contribution in [0.5, 0.6) is 5.75 Å². The van der Waals surface area contributed by atoms with Crippen LogP contribution in [0, 0.1) is 6.92 Å². The van der Waals surface area contributed by atoms with Crippen molar-refractivity contribution in [3.63, 3.8) is 0 Å². The van der Waals surface area contributed by atoms with Crippen molar-refractivity contribution in [2.24, 2.45) is 0 Å². The summed E-state index contributed by atoms with van der Waals surface area (Å²) in [5.41, 5.74) is 2.23. The highest BCUT2D eigenvalue weighted by molar-refractivity contribution is 7.15. The number of benzene rings is 1. The molecule has 0 saturated carbocycles. The molecule has 2 aromatic rings. The minimum absolute atomic E-state index is 0.672. The van der Waals surface area contributed by atoms with Crippen LogP contribution in [0.4, 0.5) is 5.69 Å². The zero-order valence-corrected chi connectivity index (χ0v) is 11.2. The van der Waals surface area contributed by atoms with Gasteiger partial charge in [-0.15, -0.1) is 11.3 Å². The summed E-state index contributed by atoms with van der Waals surface area (Å²) in [5, 5.41) is 4.30. The lowest BCUT2D eigenvalue weighted by Gasteiger charge is -2.09. The van der Waals surface area contributed by atoms with Crippen molar-refractivity contribution in [3.8, 4) is 5.75 Å². The molecular formula is C12H13ClN2OS. The monoisotopic (exact) mass is 268 g/mol. The van der Waals surface area contributed by atoms with Crippen molar-refractivity contribution in [3.05, 3.63) is 39.3 Å². The van der Waals surface area contributed by atoms with Gasteiger partial charge in [0.1, 0.15) is 15.1 Å². The van der Waals surface area contributed by atoms with Gasteiger partial charge < -0.3 is 10.1 Å². The molecule has 0 saturated heterocycles. The fourth-order valence-electron chi connectivity index (χ4n) is 1.46. The van der Waals surface area contributed by atoms with Crippen LogP contribution >= 0.6 is 22.9 Å². The maximum Gasteiger partial charge on any atom is 0.120 e. The van der Waals surface area contributed by atoms with E-state index in [1.807, 2.05) is 18.2 Å². The summed E-state index contributed by atoms with van der Waals surface area (Å²) in [6.07, 6.45) is 1.67. The molecule has 0 atom stereocenters. The third kappa shape index (κ3) is 3.11. The molecule has 0 spiro atoms. The van der Waals surface area contributed by atoms with Gasteiger partial charge >= 0.3 is 0 Å². The molecule has 3 nitrogen and oxygen atoms in total. The average molecular weight is 269 g/mol. The molecule has 0 aliphatic rings. The standard InChI is InChI=1S/C12H13ClN2OS/c1-8-3-4-9(16-2)5-10(8)14-7-12-15-6-11(13)17-12/h3-6,14H,7H2,1-2H3. The molecule has 1 heterocycles. The second-order valence-corrected chi connectivity index (χ2v) is 5.34. The molecule has 17 heavy (non-hydrogen) atoms. The van der Waals surface area contributed by atoms with Gasteiger partial charge in [-0.3, -0.25) is 0 Å². The summed E-state index contributed by atoms with van der Waals surface area (Å²) in [7, 11) is 1.66. The Labute approximate surface area is 109 Å². The number of aromatic nitrogens is 1. The lowest BCUT2D eigenvalue weighted by atomic mass is 10.2. The Hall–Kier alpha value is -1.26. The smallest absolute Gasteiger partial charge is 0.120 e. The predicted octanol–water partition coefficient (Wildman–Crippen LogP) is 3.73. The lowest BCUT2D eigenvalue weighted by molar-refractivity contribution is 0.415. The van der Waals surface area contributed by atoms with Gasteiger partial charge in [-0.1, -0.05) is 17.7 Å². The number of aryl methyl sites for hydroxylation is 1. The van der Waals surface area contributed by atoms with Crippen LogP contribution in [0.25, 0.3) is 0 Å². The molecule has 5 heteroatoms. The van der Waals surface area contributed by atoms with Crippen LogP contribution in [0.15, 0.2) is 24.4 Å². The van der Waals surface area contributed by atoms with Gasteiger partial charge in [-0.25, -0.2) is 4.98 Å². The molecule has 0 aliphatic carbocycles. The SMILES string of the molecule is COc1ccc(C)c(NCc2ncc(Cl)s2)c1.